The summed E-state index contributed by atoms with van der Waals surface area (Å²) in [4.78, 5) is 8.40. The molecule has 0 atom stereocenters. The molecular formula is C11H13N4O2-. The Morgan fingerprint density at radius 3 is 2.65 bits per heavy atom. The van der Waals surface area contributed by atoms with E-state index < -0.39 is 0 Å². The Morgan fingerprint density at radius 2 is 2.12 bits per heavy atom. The van der Waals surface area contributed by atoms with Crippen molar-refractivity contribution in [1.29, 1.82) is 0 Å². The van der Waals surface area contributed by atoms with E-state index in [2.05, 4.69) is 9.97 Å². The quantitative estimate of drug-likeness (QED) is 0.818. The van der Waals surface area contributed by atoms with Crippen molar-refractivity contribution in [2.24, 2.45) is 0 Å². The number of nitrogens with zero attached hydrogens (tertiary/aromatic N) is 3. The first kappa shape index (κ1) is 11.4. The molecule has 2 rings (SSSR count). The third-order valence-corrected chi connectivity index (χ3v) is 2.65. The SMILES string of the molecule is COc1cc(N[O-])cnc1-n1cnc(C)c1C. The van der Waals surface area contributed by atoms with E-state index in [-0.39, 0.29) is 0 Å². The number of imidazole rings is 1. The summed E-state index contributed by atoms with van der Waals surface area (Å²) in [5.74, 6) is 1.14. The number of anilines is 1. The smallest absolute Gasteiger partial charge is 0.181 e. The molecule has 6 nitrogen and oxygen atoms in total. The van der Waals surface area contributed by atoms with Gasteiger partial charge in [0.2, 0.25) is 0 Å². The summed E-state index contributed by atoms with van der Waals surface area (Å²) in [7, 11) is 1.54. The van der Waals surface area contributed by atoms with Crippen molar-refractivity contribution < 1.29 is 4.74 Å². The summed E-state index contributed by atoms with van der Waals surface area (Å²) < 4.78 is 7.04. The monoisotopic (exact) mass is 233 g/mol. The maximum absolute atomic E-state index is 10.6. The second-order valence-corrected chi connectivity index (χ2v) is 3.64. The van der Waals surface area contributed by atoms with Crippen LogP contribution in [0.15, 0.2) is 18.6 Å². The van der Waals surface area contributed by atoms with Crippen LogP contribution < -0.4 is 10.2 Å². The van der Waals surface area contributed by atoms with E-state index >= 15 is 0 Å². The first-order valence-electron chi connectivity index (χ1n) is 5.10. The lowest BCUT2D eigenvalue weighted by Gasteiger charge is -2.14. The van der Waals surface area contributed by atoms with Gasteiger partial charge in [0.1, 0.15) is 6.33 Å². The minimum absolute atomic E-state index is 0.361. The maximum atomic E-state index is 10.6. The van der Waals surface area contributed by atoms with Gasteiger partial charge in [0.05, 0.1) is 19.0 Å². The lowest BCUT2D eigenvalue weighted by molar-refractivity contribution is 0.410. The molecule has 2 aromatic heterocycles. The highest BCUT2D eigenvalue weighted by molar-refractivity contribution is 5.53. The molecule has 2 heterocycles. The lowest BCUT2D eigenvalue weighted by atomic mass is 10.3. The number of pyridine rings is 1. The van der Waals surface area contributed by atoms with Crippen LogP contribution in [0.25, 0.3) is 5.82 Å². The Bertz CT molecular complexity index is 536. The van der Waals surface area contributed by atoms with Crippen molar-refractivity contribution >= 4 is 5.69 Å². The summed E-state index contributed by atoms with van der Waals surface area (Å²) in [6.45, 7) is 3.87. The molecule has 0 aliphatic heterocycles. The molecule has 0 radical (unpaired) electrons. The molecule has 0 bridgehead atoms. The first-order valence-corrected chi connectivity index (χ1v) is 5.10. The van der Waals surface area contributed by atoms with Crippen molar-refractivity contribution in [2.75, 3.05) is 12.6 Å². The molecule has 0 unspecified atom stereocenters. The third-order valence-electron chi connectivity index (χ3n) is 2.65. The zero-order chi connectivity index (χ0) is 12.4. The fourth-order valence-electron chi connectivity index (χ4n) is 1.54. The van der Waals surface area contributed by atoms with E-state index in [4.69, 9.17) is 4.74 Å². The topological polar surface area (TPSA) is 75.0 Å². The number of nitrogens with one attached hydrogen (secondary N) is 1. The summed E-state index contributed by atoms with van der Waals surface area (Å²) in [5.41, 5.74) is 4.06. The second-order valence-electron chi connectivity index (χ2n) is 3.64. The molecule has 0 aliphatic carbocycles. The van der Waals surface area contributed by atoms with E-state index in [0.717, 1.165) is 11.4 Å². The minimum Gasteiger partial charge on any atom is -0.761 e. The van der Waals surface area contributed by atoms with Gasteiger partial charge in [-0.3, -0.25) is 4.57 Å². The average molecular weight is 233 g/mol. The lowest BCUT2D eigenvalue weighted by Crippen LogP contribution is -2.03. The third kappa shape index (κ3) is 1.94. The second kappa shape index (κ2) is 4.42. The minimum atomic E-state index is 0.361. The normalized spacial score (nSPS) is 10.4. The number of methoxy groups -OCH3 is 1. The summed E-state index contributed by atoms with van der Waals surface area (Å²) >= 11 is 0. The van der Waals surface area contributed by atoms with Gasteiger partial charge >= 0.3 is 0 Å². The molecule has 1 N–H and O–H groups in total. The average Bonchev–Trinajstić information content (AvgIpc) is 2.69. The standard InChI is InChI=1S/C11H13N4O2/c1-7-8(2)15(6-13-7)11-10(17-3)4-9(14-16)5-12-11/h4-6,14H,1-3H3/q-1. The molecule has 0 amide bonds. The first-order chi connectivity index (χ1) is 8.17. The van der Waals surface area contributed by atoms with E-state index in [9.17, 15) is 5.21 Å². The van der Waals surface area contributed by atoms with Gasteiger partial charge in [-0.2, -0.15) is 0 Å². The highest BCUT2D eigenvalue weighted by Gasteiger charge is 2.11. The fraction of sp³-hybridized carbons (Fsp3) is 0.273. The number of hydrogen-bond donors (Lipinski definition) is 1. The van der Waals surface area contributed by atoms with Gasteiger partial charge in [0.25, 0.3) is 0 Å². The van der Waals surface area contributed by atoms with E-state index in [0.29, 0.717) is 17.3 Å². The summed E-state index contributed by atoms with van der Waals surface area (Å²) in [5, 5.41) is 10.6. The summed E-state index contributed by atoms with van der Waals surface area (Å²) in [6, 6.07) is 1.60. The Labute approximate surface area is 98.9 Å². The number of aryl methyl sites for hydroxylation is 1. The molecular weight excluding hydrogens is 220 g/mol. The van der Waals surface area contributed by atoms with Crippen LogP contribution in [0.2, 0.25) is 0 Å². The van der Waals surface area contributed by atoms with Crippen molar-refractivity contribution in [3.8, 4) is 11.6 Å². The number of hydrogen-bond acceptors (Lipinski definition) is 5. The molecule has 0 aromatic carbocycles. The van der Waals surface area contributed by atoms with Gasteiger partial charge in [-0.25, -0.2) is 9.97 Å². The molecule has 0 fully saturated rings. The highest BCUT2D eigenvalue weighted by Crippen LogP contribution is 2.25. The molecule has 0 spiro atoms. The van der Waals surface area contributed by atoms with Crippen LogP contribution in [0, 0.1) is 19.1 Å². The number of ether oxygens (including phenoxy) is 1. The van der Waals surface area contributed by atoms with Crippen LogP contribution in [0.4, 0.5) is 5.69 Å². The molecule has 17 heavy (non-hydrogen) atoms. The van der Waals surface area contributed by atoms with Crippen LogP contribution in [0.5, 0.6) is 5.75 Å². The van der Waals surface area contributed by atoms with Crippen LogP contribution in [0.3, 0.4) is 0 Å². The van der Waals surface area contributed by atoms with Gasteiger partial charge in [-0.15, -0.1) is 0 Å². The van der Waals surface area contributed by atoms with Crippen molar-refractivity contribution in [1.82, 2.24) is 14.5 Å². The molecule has 0 aliphatic rings. The van der Waals surface area contributed by atoms with E-state index in [1.807, 2.05) is 18.4 Å². The van der Waals surface area contributed by atoms with Crippen molar-refractivity contribution in [3.05, 3.63) is 35.2 Å². The van der Waals surface area contributed by atoms with Crippen LogP contribution in [0.1, 0.15) is 11.4 Å². The van der Waals surface area contributed by atoms with Crippen molar-refractivity contribution in [2.45, 2.75) is 13.8 Å². The van der Waals surface area contributed by atoms with Gasteiger partial charge in [0.15, 0.2) is 11.6 Å². The summed E-state index contributed by atoms with van der Waals surface area (Å²) in [6.07, 6.45) is 3.14. The van der Waals surface area contributed by atoms with Gasteiger partial charge in [-0.1, -0.05) is 0 Å². The maximum Gasteiger partial charge on any atom is 0.181 e. The van der Waals surface area contributed by atoms with Crippen molar-refractivity contribution in [3.63, 3.8) is 0 Å². The van der Waals surface area contributed by atoms with E-state index in [1.165, 1.54) is 13.3 Å². The number of aromatic nitrogens is 3. The molecule has 0 saturated carbocycles. The van der Waals surface area contributed by atoms with Gasteiger partial charge in [-0.05, 0) is 13.8 Å². The van der Waals surface area contributed by atoms with Crippen LogP contribution >= 0.6 is 0 Å². The van der Waals surface area contributed by atoms with Crippen LogP contribution in [-0.2, 0) is 0 Å². The number of rotatable bonds is 3. The van der Waals surface area contributed by atoms with Gasteiger partial charge < -0.3 is 15.4 Å². The predicted molar refractivity (Wildman–Crippen MR) is 64.4 cm³/mol. The van der Waals surface area contributed by atoms with E-state index in [1.54, 1.807) is 17.9 Å². The Kier molecular flexibility index (Phi) is 2.97. The molecule has 6 heteroatoms. The Balaban J connectivity index is 2.55. The highest BCUT2D eigenvalue weighted by atomic mass is 16.5. The fourth-order valence-corrected chi connectivity index (χ4v) is 1.54. The Morgan fingerprint density at radius 1 is 1.35 bits per heavy atom. The predicted octanol–water partition coefficient (Wildman–Crippen LogP) is 1.80. The Hall–Kier alpha value is -2.08. The largest absolute Gasteiger partial charge is 0.761 e. The zero-order valence-electron chi connectivity index (χ0n) is 9.89. The molecule has 90 valence electrons. The molecule has 0 saturated heterocycles. The van der Waals surface area contributed by atoms with Gasteiger partial charge in [0, 0.05) is 17.4 Å². The zero-order valence-corrected chi connectivity index (χ0v) is 9.89. The molecule has 2 aromatic rings. The van der Waals surface area contributed by atoms with Crippen LogP contribution in [-0.4, -0.2) is 21.6 Å².